The Morgan fingerprint density at radius 3 is 1.76 bits per heavy atom. The van der Waals surface area contributed by atoms with Crippen molar-refractivity contribution in [3.63, 3.8) is 0 Å². The van der Waals surface area contributed by atoms with Crippen LogP contribution in [0.4, 0.5) is 0 Å². The van der Waals surface area contributed by atoms with Gasteiger partial charge in [0.2, 0.25) is 0 Å². The van der Waals surface area contributed by atoms with Crippen LogP contribution in [0.5, 0.6) is 0 Å². The molecule has 0 saturated carbocycles. The molecule has 1 aromatic heterocycles. The van der Waals surface area contributed by atoms with Crippen molar-refractivity contribution in [2.45, 2.75) is 0 Å². The van der Waals surface area contributed by atoms with Crippen molar-refractivity contribution in [1.82, 2.24) is 9.55 Å². The smallest absolute Gasteiger partial charge is 0.343 e. The molecule has 0 aliphatic heterocycles. The van der Waals surface area contributed by atoms with Gasteiger partial charge in [0.05, 0.1) is 5.56 Å². The van der Waals surface area contributed by atoms with Crippen LogP contribution < -0.4 is 0 Å². The molecule has 0 fully saturated rings. The largest absolute Gasteiger partial charge is 0.422 e. The zero-order valence-electron chi connectivity index (χ0n) is 16.9. The van der Waals surface area contributed by atoms with Gasteiger partial charge in [0.25, 0.3) is 5.91 Å². The number of carbonyl (C=O) groups is 2. The van der Waals surface area contributed by atoms with Crippen LogP contribution in [0, 0.1) is 0 Å². The summed E-state index contributed by atoms with van der Waals surface area (Å²) in [5.41, 5.74) is 1.33. The van der Waals surface area contributed by atoms with E-state index in [0.29, 0.717) is 31.8 Å². The number of ether oxygens (including phenoxy) is 1. The number of benzene rings is 3. The lowest BCUT2D eigenvalue weighted by Crippen LogP contribution is -2.13. The third kappa shape index (κ3) is 5.52. The lowest BCUT2D eigenvalue weighted by molar-refractivity contribution is 0.0693. The highest BCUT2D eigenvalue weighted by Gasteiger charge is 2.17. The molecule has 0 aliphatic carbocycles. The highest BCUT2D eigenvalue weighted by atomic mass is 35.5. The molecular formula is C25H15Cl3N2O3. The van der Waals surface area contributed by atoms with Crippen LogP contribution >= 0.6 is 34.8 Å². The Bertz CT molecular complexity index is 1330. The predicted octanol–water partition coefficient (Wildman–Crippen LogP) is 6.89. The maximum Gasteiger partial charge on any atom is 0.343 e. The van der Waals surface area contributed by atoms with Crippen molar-refractivity contribution in [1.29, 1.82) is 0 Å². The van der Waals surface area contributed by atoms with Crippen LogP contribution in [0.3, 0.4) is 0 Å². The number of esters is 1. The number of carbonyl (C=O) groups excluding carboxylic acids is 2. The summed E-state index contributed by atoms with van der Waals surface area (Å²) < 4.78 is 7.04. The number of nitrogens with zero attached hydrogens (tertiary/aromatic N) is 2. The quantitative estimate of drug-likeness (QED) is 0.222. The molecule has 4 rings (SSSR count). The van der Waals surface area contributed by atoms with Crippen LogP contribution in [0.15, 0.2) is 85.2 Å². The standard InChI is InChI=1S/C25H15Cl3N2O3/c26-19-7-1-16(2-8-19)22(33-25(32)18-5-11-21(28)12-6-18)15-23-29-13-14-30(23)24(31)17-3-9-20(27)10-4-17/h1-15H/b22-15-. The number of imidazole rings is 1. The van der Waals surface area contributed by atoms with E-state index < -0.39 is 5.97 Å². The Morgan fingerprint density at radius 1 is 0.727 bits per heavy atom. The monoisotopic (exact) mass is 496 g/mol. The van der Waals surface area contributed by atoms with Gasteiger partial charge < -0.3 is 4.74 Å². The average Bonchev–Trinajstić information content (AvgIpc) is 3.28. The van der Waals surface area contributed by atoms with E-state index in [0.717, 1.165) is 0 Å². The van der Waals surface area contributed by atoms with Crippen LogP contribution in [0.2, 0.25) is 15.1 Å². The molecule has 0 bridgehead atoms. The molecule has 0 saturated heterocycles. The van der Waals surface area contributed by atoms with Gasteiger partial charge in [-0.15, -0.1) is 0 Å². The third-order valence-corrected chi connectivity index (χ3v) is 5.41. The number of hydrogen-bond donors (Lipinski definition) is 0. The summed E-state index contributed by atoms with van der Waals surface area (Å²) in [6.07, 6.45) is 4.54. The number of rotatable bonds is 5. The molecule has 0 atom stereocenters. The van der Waals surface area contributed by atoms with Gasteiger partial charge in [-0.3, -0.25) is 9.36 Å². The van der Waals surface area contributed by atoms with E-state index in [1.807, 2.05) is 0 Å². The van der Waals surface area contributed by atoms with Crippen molar-refractivity contribution in [3.05, 3.63) is 123 Å². The van der Waals surface area contributed by atoms with Crippen LogP contribution in [0.25, 0.3) is 11.8 Å². The maximum absolute atomic E-state index is 13.0. The normalized spacial score (nSPS) is 11.3. The lowest BCUT2D eigenvalue weighted by Gasteiger charge is -2.11. The van der Waals surface area contributed by atoms with E-state index in [9.17, 15) is 9.59 Å². The molecule has 0 aliphatic rings. The Morgan fingerprint density at radius 2 is 1.21 bits per heavy atom. The van der Waals surface area contributed by atoms with Crippen LogP contribution in [0.1, 0.15) is 32.1 Å². The van der Waals surface area contributed by atoms with Gasteiger partial charge in [-0.25, -0.2) is 9.78 Å². The van der Waals surface area contributed by atoms with Gasteiger partial charge in [0.15, 0.2) is 0 Å². The molecule has 0 unspecified atom stereocenters. The van der Waals surface area contributed by atoms with E-state index >= 15 is 0 Å². The Balaban J connectivity index is 1.71. The number of aromatic nitrogens is 2. The van der Waals surface area contributed by atoms with Crippen molar-refractivity contribution in [3.8, 4) is 0 Å². The number of hydrogen-bond acceptors (Lipinski definition) is 4. The summed E-state index contributed by atoms with van der Waals surface area (Å²) in [5.74, 6) is -0.420. The molecule has 0 spiro atoms. The summed E-state index contributed by atoms with van der Waals surface area (Å²) in [7, 11) is 0. The Kier molecular flexibility index (Phi) is 6.94. The van der Waals surface area contributed by atoms with Crippen LogP contribution in [-0.4, -0.2) is 21.4 Å². The molecule has 0 amide bonds. The fraction of sp³-hybridized carbons (Fsp3) is 0. The summed E-state index contributed by atoms with van der Waals surface area (Å²) in [4.78, 5) is 30.0. The maximum atomic E-state index is 13.0. The van der Waals surface area contributed by atoms with Crippen molar-refractivity contribution in [2.75, 3.05) is 0 Å². The van der Waals surface area contributed by atoms with Crippen molar-refractivity contribution >= 4 is 58.5 Å². The van der Waals surface area contributed by atoms with Gasteiger partial charge in [-0.1, -0.05) is 34.8 Å². The zero-order chi connectivity index (χ0) is 23.4. The third-order valence-electron chi connectivity index (χ3n) is 4.65. The minimum Gasteiger partial charge on any atom is -0.422 e. The molecule has 1 heterocycles. The van der Waals surface area contributed by atoms with Gasteiger partial charge in [-0.2, -0.15) is 0 Å². The second-order valence-electron chi connectivity index (χ2n) is 6.88. The second-order valence-corrected chi connectivity index (χ2v) is 8.19. The fourth-order valence-electron chi connectivity index (χ4n) is 2.97. The molecular weight excluding hydrogens is 483 g/mol. The fourth-order valence-corrected chi connectivity index (χ4v) is 3.35. The van der Waals surface area contributed by atoms with Gasteiger partial charge in [-0.05, 0) is 72.8 Å². The van der Waals surface area contributed by atoms with E-state index in [1.54, 1.807) is 72.8 Å². The molecule has 8 heteroatoms. The first-order chi connectivity index (χ1) is 15.9. The summed E-state index contributed by atoms with van der Waals surface area (Å²) in [5, 5.41) is 1.56. The predicted molar refractivity (Wildman–Crippen MR) is 130 cm³/mol. The van der Waals surface area contributed by atoms with Crippen molar-refractivity contribution < 1.29 is 14.3 Å². The first kappa shape index (κ1) is 22.8. The molecule has 4 aromatic rings. The summed E-state index contributed by atoms with van der Waals surface area (Å²) in [6, 6.07) is 19.6. The summed E-state index contributed by atoms with van der Waals surface area (Å²) >= 11 is 17.8. The highest BCUT2D eigenvalue weighted by Crippen LogP contribution is 2.24. The van der Waals surface area contributed by atoms with Gasteiger partial charge in [0, 0.05) is 44.7 Å². The zero-order valence-corrected chi connectivity index (χ0v) is 19.2. The average molecular weight is 498 g/mol. The Hall–Kier alpha value is -3.38. The van der Waals surface area contributed by atoms with Crippen molar-refractivity contribution in [2.24, 2.45) is 0 Å². The molecule has 164 valence electrons. The first-order valence-electron chi connectivity index (χ1n) is 9.70. The van der Waals surface area contributed by atoms with E-state index in [-0.39, 0.29) is 17.5 Å². The van der Waals surface area contributed by atoms with E-state index in [2.05, 4.69) is 4.98 Å². The second kappa shape index (κ2) is 10.0. The van der Waals surface area contributed by atoms with Gasteiger partial charge >= 0.3 is 5.97 Å². The molecule has 0 radical (unpaired) electrons. The molecule has 33 heavy (non-hydrogen) atoms. The topological polar surface area (TPSA) is 61.2 Å². The van der Waals surface area contributed by atoms with Crippen LogP contribution in [-0.2, 0) is 4.74 Å². The SMILES string of the molecule is O=C(O/C(=C\c1nccn1C(=O)c1ccc(Cl)cc1)c1ccc(Cl)cc1)c1ccc(Cl)cc1. The minimum absolute atomic E-state index is 0.197. The first-order valence-corrected chi connectivity index (χ1v) is 10.8. The highest BCUT2D eigenvalue weighted by molar-refractivity contribution is 6.31. The summed E-state index contributed by atoms with van der Waals surface area (Å²) in [6.45, 7) is 0. The van der Waals surface area contributed by atoms with E-state index in [4.69, 9.17) is 39.5 Å². The Labute approximate surface area is 204 Å². The van der Waals surface area contributed by atoms with E-state index in [1.165, 1.54) is 23.0 Å². The molecule has 3 aromatic carbocycles. The van der Waals surface area contributed by atoms with Gasteiger partial charge in [0.1, 0.15) is 11.6 Å². The number of halogens is 3. The molecule has 5 nitrogen and oxygen atoms in total. The lowest BCUT2D eigenvalue weighted by atomic mass is 10.1. The molecule has 0 N–H and O–H groups in total. The minimum atomic E-state index is -0.588.